The number of aromatic amines is 1. The molecular weight excluding hydrogens is 142 g/mol. The van der Waals surface area contributed by atoms with Gasteiger partial charge in [-0.2, -0.15) is 0 Å². The molecule has 0 saturated carbocycles. The maximum atomic E-state index is 11.0. The number of H-pyrrole nitrogens is 1. The van der Waals surface area contributed by atoms with Gasteiger partial charge in [0.25, 0.3) is 5.56 Å². The van der Waals surface area contributed by atoms with Gasteiger partial charge in [-0.15, -0.1) is 0 Å². The Balaban J connectivity index is 3.03. The Bertz CT molecular complexity index is 429. The summed E-state index contributed by atoms with van der Waals surface area (Å²) >= 11 is 0. The molecule has 0 amide bonds. The van der Waals surface area contributed by atoms with E-state index in [0.717, 1.165) is 0 Å². The Morgan fingerprint density at radius 3 is 2.91 bits per heavy atom. The van der Waals surface area contributed by atoms with Gasteiger partial charge < -0.3 is 4.98 Å². The van der Waals surface area contributed by atoms with Crippen LogP contribution in [0.5, 0.6) is 0 Å². The number of nitrogens with one attached hydrogen (secondary N) is 1. The zero-order chi connectivity index (χ0) is 7.68. The van der Waals surface area contributed by atoms with Gasteiger partial charge in [-0.3, -0.25) is 9.78 Å². The van der Waals surface area contributed by atoms with Crippen molar-refractivity contribution in [2.45, 2.75) is 0 Å². The number of hydrogen-bond donors (Lipinski definition) is 1. The fourth-order valence-corrected chi connectivity index (χ4v) is 0.910. The molecule has 2 aromatic rings. The molecular formula is C7H5N3O. The molecule has 0 unspecified atom stereocenters. The Kier molecular flexibility index (Phi) is 1.18. The number of fused-ring (bicyclic) bond motifs is 1. The quantitative estimate of drug-likeness (QED) is 0.583. The first kappa shape index (κ1) is 6.03. The second-order valence-electron chi connectivity index (χ2n) is 2.10. The van der Waals surface area contributed by atoms with Gasteiger partial charge in [-0.1, -0.05) is 0 Å². The van der Waals surface area contributed by atoms with Gasteiger partial charge in [0.1, 0.15) is 0 Å². The van der Waals surface area contributed by atoms with Crippen molar-refractivity contribution >= 4 is 11.0 Å². The van der Waals surface area contributed by atoms with Crippen molar-refractivity contribution < 1.29 is 0 Å². The van der Waals surface area contributed by atoms with Gasteiger partial charge in [-0.25, -0.2) is 4.98 Å². The van der Waals surface area contributed by atoms with Crippen LogP contribution < -0.4 is 5.56 Å². The third-order valence-electron chi connectivity index (χ3n) is 1.40. The van der Waals surface area contributed by atoms with E-state index < -0.39 is 0 Å². The van der Waals surface area contributed by atoms with Gasteiger partial charge >= 0.3 is 0 Å². The van der Waals surface area contributed by atoms with Crippen LogP contribution in [0.1, 0.15) is 0 Å². The second kappa shape index (κ2) is 2.16. The van der Waals surface area contributed by atoms with Crippen molar-refractivity contribution in [2.75, 3.05) is 0 Å². The van der Waals surface area contributed by atoms with Crippen molar-refractivity contribution in [1.29, 1.82) is 0 Å². The fourth-order valence-electron chi connectivity index (χ4n) is 0.910. The van der Waals surface area contributed by atoms with Gasteiger partial charge in [0.15, 0.2) is 5.52 Å². The molecule has 0 aliphatic carbocycles. The topological polar surface area (TPSA) is 58.6 Å². The average Bonchev–Trinajstić information content (AvgIpc) is 2.06. The molecule has 4 nitrogen and oxygen atoms in total. The van der Waals surface area contributed by atoms with E-state index in [1.807, 2.05) is 0 Å². The predicted octanol–water partition coefficient (Wildman–Crippen LogP) is 0.318. The van der Waals surface area contributed by atoms with Crippen LogP contribution in [0.15, 0.2) is 29.5 Å². The van der Waals surface area contributed by atoms with Crippen LogP contribution in [-0.4, -0.2) is 15.0 Å². The lowest BCUT2D eigenvalue weighted by atomic mass is 10.4. The minimum atomic E-state index is -0.199. The van der Waals surface area contributed by atoms with Crippen LogP contribution in [0.4, 0.5) is 0 Å². The molecule has 0 aliphatic heterocycles. The Hall–Kier alpha value is -1.71. The molecule has 1 N–H and O–H groups in total. The lowest BCUT2D eigenvalue weighted by Gasteiger charge is -1.90. The highest BCUT2D eigenvalue weighted by Crippen LogP contribution is 1.97. The summed E-state index contributed by atoms with van der Waals surface area (Å²) < 4.78 is 0. The van der Waals surface area contributed by atoms with Crippen molar-refractivity contribution in [3.63, 3.8) is 0 Å². The normalized spacial score (nSPS) is 10.2. The van der Waals surface area contributed by atoms with E-state index in [4.69, 9.17) is 0 Å². The first-order valence-corrected chi connectivity index (χ1v) is 3.16. The highest BCUT2D eigenvalue weighted by Gasteiger charge is 1.95. The summed E-state index contributed by atoms with van der Waals surface area (Å²) in [7, 11) is 0. The Morgan fingerprint density at radius 1 is 1.27 bits per heavy atom. The number of hydrogen-bond acceptors (Lipinski definition) is 3. The summed E-state index contributed by atoms with van der Waals surface area (Å²) in [5, 5.41) is 0. The summed E-state index contributed by atoms with van der Waals surface area (Å²) in [5.74, 6) is 0. The van der Waals surface area contributed by atoms with Crippen molar-refractivity contribution in [1.82, 2.24) is 15.0 Å². The van der Waals surface area contributed by atoms with Crippen LogP contribution in [0.2, 0.25) is 0 Å². The lowest BCUT2D eigenvalue weighted by Crippen LogP contribution is -2.06. The lowest BCUT2D eigenvalue weighted by molar-refractivity contribution is 1.20. The van der Waals surface area contributed by atoms with Crippen LogP contribution >= 0.6 is 0 Å². The third-order valence-corrected chi connectivity index (χ3v) is 1.40. The monoisotopic (exact) mass is 147 g/mol. The van der Waals surface area contributed by atoms with Crippen molar-refractivity contribution in [3.05, 3.63) is 35.0 Å². The minimum Gasteiger partial charge on any atom is -0.327 e. The first-order chi connectivity index (χ1) is 5.38. The van der Waals surface area contributed by atoms with E-state index in [1.54, 1.807) is 18.5 Å². The van der Waals surface area contributed by atoms with Crippen molar-refractivity contribution in [3.8, 4) is 0 Å². The van der Waals surface area contributed by atoms with Crippen LogP contribution in [-0.2, 0) is 0 Å². The summed E-state index contributed by atoms with van der Waals surface area (Å²) in [5.41, 5.74) is 0.807. The third kappa shape index (κ3) is 0.881. The minimum absolute atomic E-state index is 0.199. The van der Waals surface area contributed by atoms with Gasteiger partial charge in [0.2, 0.25) is 0 Å². The molecule has 0 saturated heterocycles. The molecule has 0 aromatic carbocycles. The van der Waals surface area contributed by atoms with Crippen LogP contribution in [0.3, 0.4) is 0 Å². The molecule has 2 heterocycles. The molecule has 0 spiro atoms. The van der Waals surface area contributed by atoms with Gasteiger partial charge in [0.05, 0.1) is 5.52 Å². The molecule has 2 aromatic heterocycles. The first-order valence-electron chi connectivity index (χ1n) is 3.16. The standard InChI is InChI=1S/C7H5N3O/c11-7-6-5(1-2-10-7)8-3-4-9-6/h1-4H,(H,10,11). The highest BCUT2D eigenvalue weighted by atomic mass is 16.1. The largest absolute Gasteiger partial charge is 0.327 e. The zero-order valence-electron chi connectivity index (χ0n) is 5.61. The highest BCUT2D eigenvalue weighted by molar-refractivity contribution is 5.71. The van der Waals surface area contributed by atoms with E-state index in [1.165, 1.54) is 6.20 Å². The molecule has 0 aliphatic rings. The maximum Gasteiger partial charge on any atom is 0.276 e. The SMILES string of the molecule is O=c1[nH]ccc2nccnc12. The summed E-state index contributed by atoms with van der Waals surface area (Å²) in [6, 6.07) is 1.71. The predicted molar refractivity (Wildman–Crippen MR) is 40.2 cm³/mol. The number of pyridine rings is 1. The second-order valence-corrected chi connectivity index (χ2v) is 2.10. The maximum absolute atomic E-state index is 11.0. The molecule has 0 bridgehead atoms. The Morgan fingerprint density at radius 2 is 2.09 bits per heavy atom. The molecule has 2 rings (SSSR count). The Labute approximate surface area is 61.9 Å². The smallest absolute Gasteiger partial charge is 0.276 e. The molecule has 0 radical (unpaired) electrons. The fraction of sp³-hybridized carbons (Fsp3) is 0. The van der Waals surface area contributed by atoms with Crippen LogP contribution in [0.25, 0.3) is 11.0 Å². The van der Waals surface area contributed by atoms with E-state index in [9.17, 15) is 4.79 Å². The van der Waals surface area contributed by atoms with E-state index in [2.05, 4.69) is 15.0 Å². The van der Waals surface area contributed by atoms with E-state index in [-0.39, 0.29) is 5.56 Å². The average molecular weight is 147 g/mol. The number of nitrogens with zero attached hydrogens (tertiary/aromatic N) is 2. The zero-order valence-corrected chi connectivity index (χ0v) is 5.61. The van der Waals surface area contributed by atoms with Crippen molar-refractivity contribution in [2.24, 2.45) is 0 Å². The van der Waals surface area contributed by atoms with Gasteiger partial charge in [0, 0.05) is 18.6 Å². The summed E-state index contributed by atoms with van der Waals surface area (Å²) in [6.45, 7) is 0. The van der Waals surface area contributed by atoms with Gasteiger partial charge in [-0.05, 0) is 6.07 Å². The molecule has 11 heavy (non-hydrogen) atoms. The van der Waals surface area contributed by atoms with Crippen LogP contribution in [0, 0.1) is 0 Å². The van der Waals surface area contributed by atoms with E-state index >= 15 is 0 Å². The molecule has 4 heteroatoms. The summed E-state index contributed by atoms with van der Waals surface area (Å²) in [4.78, 5) is 21.4. The number of rotatable bonds is 0. The summed E-state index contributed by atoms with van der Waals surface area (Å²) in [6.07, 6.45) is 4.61. The van der Waals surface area contributed by atoms with E-state index in [0.29, 0.717) is 11.0 Å². The molecule has 54 valence electrons. The molecule has 0 atom stereocenters. The number of aromatic nitrogens is 3. The molecule has 0 fully saturated rings.